The van der Waals surface area contributed by atoms with E-state index >= 15 is 0 Å². The first-order valence-corrected chi connectivity index (χ1v) is 12.1. The van der Waals surface area contributed by atoms with Gasteiger partial charge in [0.1, 0.15) is 29.5 Å². The molecule has 2 aliphatic heterocycles. The number of ether oxygens (including phenoxy) is 3. The molecule has 0 bridgehead atoms. The van der Waals surface area contributed by atoms with Crippen LogP contribution in [0, 0.1) is 5.82 Å². The molecule has 0 saturated carbocycles. The standard InChI is InChI=1S/C26H31F4N3O4/c1-31-9-11-33(12-10-31)24(34)16-25(19-35-22-7-5-21(27)6-8-22)18-32(13-14-36-25)17-20-3-2-4-23(15-20)37-26(28,29)30/h2-8,15H,9-14,16-19H2,1H3/t25-/m1/s1. The van der Waals surface area contributed by atoms with E-state index in [9.17, 15) is 22.4 Å². The molecule has 2 aromatic rings. The average molecular weight is 526 g/mol. The number of carbonyl (C=O) groups excluding carboxylic acids is 1. The number of likely N-dealkylation sites (N-methyl/N-ethyl adjacent to an activating group) is 1. The van der Waals surface area contributed by atoms with Crippen LogP contribution < -0.4 is 9.47 Å². The number of rotatable bonds is 8. The zero-order valence-corrected chi connectivity index (χ0v) is 20.7. The van der Waals surface area contributed by atoms with Gasteiger partial charge in [0, 0.05) is 45.8 Å². The van der Waals surface area contributed by atoms with E-state index in [0.29, 0.717) is 50.6 Å². The topological polar surface area (TPSA) is 54.5 Å². The molecule has 2 fully saturated rings. The summed E-state index contributed by atoms with van der Waals surface area (Å²) in [6, 6.07) is 11.5. The predicted octanol–water partition coefficient (Wildman–Crippen LogP) is 3.54. The van der Waals surface area contributed by atoms with Gasteiger partial charge in [-0.1, -0.05) is 12.1 Å². The monoisotopic (exact) mass is 525 g/mol. The SMILES string of the molecule is CN1CCN(C(=O)C[C@]2(COc3ccc(F)cc3)CN(Cc3cccc(OC(F)(F)F)c3)CCO2)CC1. The fourth-order valence-electron chi connectivity index (χ4n) is 4.59. The van der Waals surface area contributed by atoms with Gasteiger partial charge in [-0.05, 0) is 49.0 Å². The second kappa shape index (κ2) is 11.7. The van der Waals surface area contributed by atoms with Crippen LogP contribution in [-0.4, -0.2) is 92.1 Å². The van der Waals surface area contributed by atoms with Crippen LogP contribution in [0.4, 0.5) is 17.6 Å². The van der Waals surface area contributed by atoms with Gasteiger partial charge in [0.15, 0.2) is 0 Å². The van der Waals surface area contributed by atoms with Crippen LogP contribution in [-0.2, 0) is 16.1 Å². The normalized spacial score (nSPS) is 21.6. The molecule has 2 aliphatic rings. The van der Waals surface area contributed by atoms with Gasteiger partial charge >= 0.3 is 6.36 Å². The van der Waals surface area contributed by atoms with Crippen LogP contribution in [0.2, 0.25) is 0 Å². The van der Waals surface area contributed by atoms with Gasteiger partial charge < -0.3 is 24.0 Å². The molecule has 0 radical (unpaired) electrons. The van der Waals surface area contributed by atoms with Gasteiger partial charge in [-0.2, -0.15) is 0 Å². The van der Waals surface area contributed by atoms with Crippen LogP contribution in [0.3, 0.4) is 0 Å². The van der Waals surface area contributed by atoms with Crippen molar-refractivity contribution >= 4 is 5.91 Å². The lowest BCUT2D eigenvalue weighted by Crippen LogP contribution is -2.58. The maximum atomic E-state index is 13.3. The van der Waals surface area contributed by atoms with Gasteiger partial charge in [-0.15, -0.1) is 13.2 Å². The summed E-state index contributed by atoms with van der Waals surface area (Å²) in [6.07, 6.45) is -4.68. The minimum Gasteiger partial charge on any atom is -0.491 e. The average Bonchev–Trinajstić information content (AvgIpc) is 2.83. The zero-order valence-electron chi connectivity index (χ0n) is 20.7. The van der Waals surface area contributed by atoms with Crippen LogP contribution in [0.15, 0.2) is 48.5 Å². The number of halogens is 4. The van der Waals surface area contributed by atoms with E-state index in [4.69, 9.17) is 9.47 Å². The van der Waals surface area contributed by atoms with E-state index in [1.807, 2.05) is 16.8 Å². The highest BCUT2D eigenvalue weighted by Crippen LogP contribution is 2.28. The van der Waals surface area contributed by atoms with Crippen LogP contribution >= 0.6 is 0 Å². The fourth-order valence-corrected chi connectivity index (χ4v) is 4.59. The molecule has 37 heavy (non-hydrogen) atoms. The minimum atomic E-state index is -4.77. The van der Waals surface area contributed by atoms with Gasteiger partial charge in [0.2, 0.25) is 5.91 Å². The van der Waals surface area contributed by atoms with Crippen LogP contribution in [0.1, 0.15) is 12.0 Å². The van der Waals surface area contributed by atoms with Gasteiger partial charge in [0.05, 0.1) is 13.0 Å². The molecule has 0 aliphatic carbocycles. The number of piperazine rings is 1. The Morgan fingerprint density at radius 3 is 2.46 bits per heavy atom. The highest BCUT2D eigenvalue weighted by Gasteiger charge is 2.41. The minimum absolute atomic E-state index is 0.0433. The summed E-state index contributed by atoms with van der Waals surface area (Å²) in [7, 11) is 2.01. The molecule has 0 aromatic heterocycles. The Morgan fingerprint density at radius 1 is 1.03 bits per heavy atom. The molecule has 1 amide bonds. The quantitative estimate of drug-likeness (QED) is 0.492. The van der Waals surface area contributed by atoms with Gasteiger partial charge in [0.25, 0.3) is 0 Å². The lowest BCUT2D eigenvalue weighted by Gasteiger charge is -2.43. The summed E-state index contributed by atoms with van der Waals surface area (Å²) < 4.78 is 67.5. The third kappa shape index (κ3) is 8.05. The molecular formula is C26H31F4N3O4. The number of alkyl halides is 3. The first kappa shape index (κ1) is 27.2. The Hall–Kier alpha value is -2.89. The van der Waals surface area contributed by atoms with Crippen LogP contribution in [0.5, 0.6) is 11.5 Å². The largest absolute Gasteiger partial charge is 0.573 e. The molecule has 0 N–H and O–H groups in total. The molecule has 7 nitrogen and oxygen atoms in total. The first-order valence-electron chi connectivity index (χ1n) is 12.1. The zero-order chi connectivity index (χ0) is 26.5. The molecule has 2 saturated heterocycles. The maximum absolute atomic E-state index is 13.3. The van der Waals surface area contributed by atoms with Crippen molar-refractivity contribution in [2.75, 3.05) is 59.5 Å². The Labute approximate surface area is 213 Å². The van der Waals surface area contributed by atoms with Crippen molar-refractivity contribution in [3.8, 4) is 11.5 Å². The molecule has 2 heterocycles. The number of morpholine rings is 1. The van der Waals surface area contributed by atoms with Crippen molar-refractivity contribution in [1.29, 1.82) is 0 Å². The van der Waals surface area contributed by atoms with E-state index in [1.165, 1.54) is 42.5 Å². The summed E-state index contributed by atoms with van der Waals surface area (Å²) in [4.78, 5) is 19.3. The Morgan fingerprint density at radius 2 is 1.76 bits per heavy atom. The second-order valence-electron chi connectivity index (χ2n) is 9.54. The lowest BCUT2D eigenvalue weighted by molar-refractivity contribution is -0.274. The van der Waals surface area contributed by atoms with Crippen molar-refractivity contribution in [2.24, 2.45) is 0 Å². The molecule has 0 unspecified atom stereocenters. The van der Waals surface area contributed by atoms with E-state index in [1.54, 1.807) is 6.07 Å². The predicted molar refractivity (Wildman–Crippen MR) is 128 cm³/mol. The Kier molecular flexibility index (Phi) is 8.56. The van der Waals surface area contributed by atoms with Crippen molar-refractivity contribution in [2.45, 2.75) is 24.9 Å². The molecule has 1 atom stereocenters. The smallest absolute Gasteiger partial charge is 0.491 e. The summed E-state index contributed by atoms with van der Waals surface area (Å²) in [5.74, 6) is -0.262. The van der Waals surface area contributed by atoms with E-state index in [0.717, 1.165) is 13.1 Å². The number of amides is 1. The van der Waals surface area contributed by atoms with Crippen molar-refractivity contribution in [1.82, 2.24) is 14.7 Å². The fraction of sp³-hybridized carbons (Fsp3) is 0.500. The maximum Gasteiger partial charge on any atom is 0.573 e. The van der Waals surface area contributed by atoms with Gasteiger partial charge in [-0.3, -0.25) is 9.69 Å². The molecule has 2 aromatic carbocycles. The molecule has 4 rings (SSSR count). The number of hydrogen-bond acceptors (Lipinski definition) is 6. The van der Waals surface area contributed by atoms with Crippen molar-refractivity contribution in [3.63, 3.8) is 0 Å². The number of carbonyl (C=O) groups is 1. The highest BCUT2D eigenvalue weighted by atomic mass is 19.4. The molecule has 0 spiro atoms. The summed E-state index contributed by atoms with van der Waals surface area (Å²) in [5, 5.41) is 0. The first-order chi connectivity index (χ1) is 17.6. The molecular weight excluding hydrogens is 494 g/mol. The summed E-state index contributed by atoms with van der Waals surface area (Å²) >= 11 is 0. The van der Waals surface area contributed by atoms with E-state index in [-0.39, 0.29) is 30.5 Å². The lowest BCUT2D eigenvalue weighted by atomic mass is 9.96. The van der Waals surface area contributed by atoms with Gasteiger partial charge in [-0.25, -0.2) is 4.39 Å². The third-order valence-electron chi connectivity index (χ3n) is 6.51. The Bertz CT molecular complexity index is 1040. The number of benzene rings is 2. The number of nitrogens with zero attached hydrogens (tertiary/aromatic N) is 3. The second-order valence-corrected chi connectivity index (χ2v) is 9.54. The highest BCUT2D eigenvalue weighted by molar-refractivity contribution is 5.77. The molecule has 11 heteroatoms. The van der Waals surface area contributed by atoms with Crippen molar-refractivity contribution in [3.05, 3.63) is 59.9 Å². The summed E-state index contributed by atoms with van der Waals surface area (Å²) in [6.45, 7) is 4.42. The Balaban J connectivity index is 1.47. The van der Waals surface area contributed by atoms with Crippen LogP contribution in [0.25, 0.3) is 0 Å². The third-order valence-corrected chi connectivity index (χ3v) is 6.51. The molecule has 202 valence electrons. The van der Waals surface area contributed by atoms with Crippen molar-refractivity contribution < 1.29 is 36.6 Å². The van der Waals surface area contributed by atoms with E-state index < -0.39 is 12.0 Å². The number of hydrogen-bond donors (Lipinski definition) is 0. The van der Waals surface area contributed by atoms with E-state index in [2.05, 4.69) is 9.64 Å². The summed E-state index contributed by atoms with van der Waals surface area (Å²) in [5.41, 5.74) is -0.338.